The number of hydrogen-bond donors (Lipinski definition) is 2. The molecule has 0 aliphatic heterocycles. The van der Waals surface area contributed by atoms with Crippen LogP contribution >= 0.6 is 0 Å². The molecule has 0 aliphatic rings. The van der Waals surface area contributed by atoms with E-state index in [4.69, 9.17) is 4.74 Å². The Labute approximate surface area is 168 Å². The maximum Gasteiger partial charge on any atom is 0.211 e. The van der Waals surface area contributed by atoms with Gasteiger partial charge in [0, 0.05) is 17.6 Å². The van der Waals surface area contributed by atoms with Crippen molar-refractivity contribution in [3.63, 3.8) is 0 Å². The van der Waals surface area contributed by atoms with Crippen LogP contribution < -0.4 is 15.4 Å². The average Bonchev–Trinajstić information content (AvgIpc) is 2.73. The van der Waals surface area contributed by atoms with E-state index >= 15 is 0 Å². The third kappa shape index (κ3) is 7.05. The second kappa shape index (κ2) is 13.3. The van der Waals surface area contributed by atoms with Crippen LogP contribution in [0.3, 0.4) is 0 Å². The lowest BCUT2D eigenvalue weighted by molar-refractivity contribution is -0.105. The Morgan fingerprint density at radius 1 is 0.893 bits per heavy atom. The van der Waals surface area contributed by atoms with E-state index < -0.39 is 0 Å². The molecule has 1 amide bonds. The van der Waals surface area contributed by atoms with Gasteiger partial charge in [-0.15, -0.1) is 0 Å². The number of amides is 1. The molecule has 0 aliphatic carbocycles. The molecule has 3 aromatic carbocycles. The van der Waals surface area contributed by atoms with Crippen molar-refractivity contribution >= 4 is 22.9 Å². The van der Waals surface area contributed by atoms with Crippen molar-refractivity contribution in [1.29, 1.82) is 0 Å². The fourth-order valence-corrected chi connectivity index (χ4v) is 2.70. The monoisotopic (exact) mass is 380 g/mol. The number of carbonyl (C=O) groups is 1. The Kier molecular flexibility index (Phi) is 11.0. The van der Waals surface area contributed by atoms with Gasteiger partial charge in [-0.2, -0.15) is 0 Å². The molecule has 0 aromatic heterocycles. The third-order valence-electron chi connectivity index (χ3n) is 4.01. The molecule has 4 heteroatoms. The van der Waals surface area contributed by atoms with Crippen LogP contribution in [-0.4, -0.2) is 26.6 Å². The number of benzene rings is 3. The Morgan fingerprint density at radius 3 is 2.14 bits per heavy atom. The SMILES string of the molecule is CC.CNCCOc1c(C)cccc1C.O=CNc1cccc2ccccc12. The van der Waals surface area contributed by atoms with Crippen molar-refractivity contribution in [2.75, 3.05) is 25.5 Å². The molecule has 0 bridgehead atoms. The summed E-state index contributed by atoms with van der Waals surface area (Å²) in [7, 11) is 1.92. The summed E-state index contributed by atoms with van der Waals surface area (Å²) in [5.41, 5.74) is 3.26. The summed E-state index contributed by atoms with van der Waals surface area (Å²) in [5.74, 6) is 1.03. The number of rotatable bonds is 6. The highest BCUT2D eigenvalue weighted by atomic mass is 16.5. The average molecular weight is 381 g/mol. The molecule has 0 saturated carbocycles. The molecular weight excluding hydrogens is 348 g/mol. The van der Waals surface area contributed by atoms with E-state index in [0.29, 0.717) is 6.41 Å². The van der Waals surface area contributed by atoms with Gasteiger partial charge >= 0.3 is 0 Å². The van der Waals surface area contributed by atoms with E-state index in [1.54, 1.807) is 0 Å². The van der Waals surface area contributed by atoms with Gasteiger partial charge in [0.1, 0.15) is 12.4 Å². The molecule has 0 radical (unpaired) electrons. The number of para-hydroxylation sites is 1. The summed E-state index contributed by atoms with van der Waals surface area (Å²) < 4.78 is 5.65. The van der Waals surface area contributed by atoms with Gasteiger partial charge in [0.05, 0.1) is 0 Å². The van der Waals surface area contributed by atoms with E-state index in [2.05, 4.69) is 42.7 Å². The van der Waals surface area contributed by atoms with Gasteiger partial charge < -0.3 is 15.4 Å². The fourth-order valence-electron chi connectivity index (χ4n) is 2.70. The summed E-state index contributed by atoms with van der Waals surface area (Å²) in [5, 5.41) is 7.92. The van der Waals surface area contributed by atoms with Gasteiger partial charge in [-0.25, -0.2) is 0 Å². The van der Waals surface area contributed by atoms with Crippen LogP contribution in [0.5, 0.6) is 5.75 Å². The molecule has 2 N–H and O–H groups in total. The third-order valence-corrected chi connectivity index (χ3v) is 4.01. The molecule has 4 nitrogen and oxygen atoms in total. The number of aryl methyl sites for hydroxylation is 2. The number of carbonyl (C=O) groups excluding carboxylic acids is 1. The van der Waals surface area contributed by atoms with Crippen molar-refractivity contribution in [2.45, 2.75) is 27.7 Å². The largest absolute Gasteiger partial charge is 0.492 e. The lowest BCUT2D eigenvalue weighted by Gasteiger charge is -2.11. The number of nitrogens with one attached hydrogen (secondary N) is 2. The molecule has 0 heterocycles. The molecule has 150 valence electrons. The smallest absolute Gasteiger partial charge is 0.211 e. The Bertz CT molecular complexity index is 821. The summed E-state index contributed by atoms with van der Waals surface area (Å²) >= 11 is 0. The standard InChI is InChI=1S/C11H9NO.C11H17NO.C2H6/c13-8-12-11-7-3-5-9-4-1-2-6-10(9)11;1-9-5-4-6-10(2)11(9)13-8-7-12-3;1-2/h1-8H,(H,12,13);4-6,12H,7-8H2,1-3H3;1-2H3. The van der Waals surface area contributed by atoms with Crippen LogP contribution in [0.4, 0.5) is 5.69 Å². The first-order valence-electron chi connectivity index (χ1n) is 9.69. The zero-order valence-corrected chi connectivity index (χ0v) is 17.6. The van der Waals surface area contributed by atoms with E-state index in [0.717, 1.165) is 35.4 Å². The molecule has 0 saturated heterocycles. The summed E-state index contributed by atoms with van der Waals surface area (Å²) in [6, 6.07) is 20.0. The van der Waals surface area contributed by atoms with Gasteiger partial charge in [0.2, 0.25) is 6.41 Å². The second-order valence-electron chi connectivity index (χ2n) is 5.96. The van der Waals surface area contributed by atoms with E-state index in [1.807, 2.05) is 63.4 Å². The van der Waals surface area contributed by atoms with Crippen molar-refractivity contribution in [1.82, 2.24) is 5.32 Å². The molecule has 28 heavy (non-hydrogen) atoms. The molecular formula is C24H32N2O2. The first kappa shape index (κ1) is 23.2. The summed E-state index contributed by atoms with van der Waals surface area (Å²) in [6.45, 7) is 9.75. The number of likely N-dealkylation sites (N-methyl/N-ethyl adjacent to an activating group) is 1. The van der Waals surface area contributed by atoms with E-state index in [-0.39, 0.29) is 0 Å². The Balaban J connectivity index is 0.000000257. The minimum atomic E-state index is 0.696. The fraction of sp³-hybridized carbons (Fsp3) is 0.292. The first-order valence-corrected chi connectivity index (χ1v) is 9.69. The van der Waals surface area contributed by atoms with E-state index in [1.165, 1.54) is 11.1 Å². The molecule has 0 fully saturated rings. The maximum atomic E-state index is 10.3. The molecule has 0 spiro atoms. The van der Waals surface area contributed by atoms with Crippen LogP contribution in [0.1, 0.15) is 25.0 Å². The highest BCUT2D eigenvalue weighted by Gasteiger charge is 2.01. The lowest BCUT2D eigenvalue weighted by Crippen LogP contribution is -2.16. The highest BCUT2D eigenvalue weighted by Crippen LogP contribution is 2.22. The van der Waals surface area contributed by atoms with Gasteiger partial charge in [-0.3, -0.25) is 4.79 Å². The van der Waals surface area contributed by atoms with Crippen LogP contribution in [-0.2, 0) is 4.79 Å². The van der Waals surface area contributed by atoms with Gasteiger partial charge in [0.15, 0.2) is 0 Å². The van der Waals surface area contributed by atoms with Crippen molar-refractivity contribution in [2.24, 2.45) is 0 Å². The summed E-state index contributed by atoms with van der Waals surface area (Å²) in [6.07, 6.45) is 0.696. The minimum Gasteiger partial charge on any atom is -0.492 e. The van der Waals surface area contributed by atoms with Crippen LogP contribution in [0.25, 0.3) is 10.8 Å². The minimum absolute atomic E-state index is 0.696. The van der Waals surface area contributed by atoms with Gasteiger partial charge in [0.25, 0.3) is 0 Å². The lowest BCUT2D eigenvalue weighted by atomic mass is 10.1. The van der Waals surface area contributed by atoms with Crippen LogP contribution in [0.2, 0.25) is 0 Å². The molecule has 3 aromatic rings. The van der Waals surface area contributed by atoms with E-state index in [9.17, 15) is 4.79 Å². The van der Waals surface area contributed by atoms with Crippen LogP contribution in [0, 0.1) is 13.8 Å². The van der Waals surface area contributed by atoms with Crippen molar-refractivity contribution in [3.05, 3.63) is 71.8 Å². The zero-order chi connectivity index (χ0) is 20.8. The normalized spacial score (nSPS) is 9.46. The highest BCUT2D eigenvalue weighted by molar-refractivity contribution is 5.97. The Morgan fingerprint density at radius 2 is 1.50 bits per heavy atom. The summed E-state index contributed by atoms with van der Waals surface area (Å²) in [4.78, 5) is 10.3. The van der Waals surface area contributed by atoms with Gasteiger partial charge in [-0.05, 0) is 43.5 Å². The quantitative estimate of drug-likeness (QED) is 0.448. The number of ether oxygens (including phenoxy) is 1. The van der Waals surface area contributed by atoms with Crippen molar-refractivity contribution < 1.29 is 9.53 Å². The maximum absolute atomic E-state index is 10.3. The van der Waals surface area contributed by atoms with Crippen LogP contribution in [0.15, 0.2) is 60.7 Å². The van der Waals surface area contributed by atoms with Crippen molar-refractivity contribution in [3.8, 4) is 5.75 Å². The molecule has 0 atom stereocenters. The predicted molar refractivity (Wildman–Crippen MR) is 120 cm³/mol. The number of hydrogen-bond acceptors (Lipinski definition) is 3. The molecule has 3 rings (SSSR count). The number of anilines is 1. The predicted octanol–water partition coefficient (Wildman–Crippen LogP) is 5.34. The first-order chi connectivity index (χ1) is 13.7. The number of fused-ring (bicyclic) bond motifs is 1. The van der Waals surface area contributed by atoms with Gasteiger partial charge in [-0.1, -0.05) is 68.4 Å². The topological polar surface area (TPSA) is 50.4 Å². The Hall–Kier alpha value is -2.85. The zero-order valence-electron chi connectivity index (χ0n) is 17.6. The molecule has 0 unspecified atom stereocenters. The second-order valence-corrected chi connectivity index (χ2v) is 5.96.